The summed E-state index contributed by atoms with van der Waals surface area (Å²) < 4.78 is 15.4. The molecule has 0 spiro atoms. The van der Waals surface area contributed by atoms with Gasteiger partial charge >= 0.3 is 0 Å². The number of aromatic nitrogens is 3. The highest BCUT2D eigenvalue weighted by atomic mass is 32.1. The summed E-state index contributed by atoms with van der Waals surface area (Å²) in [6.45, 7) is 0. The molecule has 0 aliphatic carbocycles. The fourth-order valence-electron chi connectivity index (χ4n) is 2.90. The topological polar surface area (TPSA) is 101 Å². The monoisotopic (exact) mass is 424 g/mol. The van der Waals surface area contributed by atoms with Gasteiger partial charge in [0.15, 0.2) is 0 Å². The number of rotatable bonds is 5. The minimum atomic E-state index is -0.447. The Morgan fingerprint density at radius 3 is 2.63 bits per heavy atom. The van der Waals surface area contributed by atoms with Crippen LogP contribution in [0.15, 0.2) is 53.0 Å². The molecule has 4 aromatic rings. The Balaban J connectivity index is 1.75. The molecule has 0 aliphatic heterocycles. The van der Waals surface area contributed by atoms with Crippen molar-refractivity contribution in [3.8, 4) is 0 Å². The molecule has 0 saturated heterocycles. The van der Waals surface area contributed by atoms with Gasteiger partial charge in [0.1, 0.15) is 17.5 Å². The van der Waals surface area contributed by atoms with Gasteiger partial charge in [0.25, 0.3) is 11.5 Å². The predicted octanol–water partition coefficient (Wildman–Crippen LogP) is 3.38. The molecule has 0 atom stereocenters. The van der Waals surface area contributed by atoms with Gasteiger partial charge in [-0.25, -0.2) is 14.4 Å². The maximum Gasteiger partial charge on any atom is 0.261 e. The van der Waals surface area contributed by atoms with E-state index in [-0.39, 0.29) is 11.5 Å². The standard InChI is InChI=1S/C20H17FN6O2S/c1-22-19(28)12-9-24-17(26-16-4-3-11(21)8-23-16)7-13(12)25-14-10-30-15-5-6-27(2)20(29)18(14)15/h3-10H,1-2H3,(H,22,28)(H2,23,24,25,26). The van der Waals surface area contributed by atoms with E-state index >= 15 is 0 Å². The third kappa shape index (κ3) is 3.72. The van der Waals surface area contributed by atoms with Crippen LogP contribution in [0, 0.1) is 5.82 Å². The number of thiophene rings is 1. The van der Waals surface area contributed by atoms with E-state index in [9.17, 15) is 14.0 Å². The normalized spacial score (nSPS) is 10.8. The first-order valence-corrected chi connectivity index (χ1v) is 9.79. The van der Waals surface area contributed by atoms with Crippen LogP contribution in [0.4, 0.5) is 27.4 Å². The summed E-state index contributed by atoms with van der Waals surface area (Å²) in [4.78, 5) is 33.1. The van der Waals surface area contributed by atoms with Crippen LogP contribution in [-0.4, -0.2) is 27.5 Å². The molecule has 0 unspecified atom stereocenters. The molecule has 1 amide bonds. The number of aryl methyl sites for hydroxylation is 1. The van der Waals surface area contributed by atoms with E-state index in [1.54, 1.807) is 19.3 Å². The highest BCUT2D eigenvalue weighted by Crippen LogP contribution is 2.32. The summed E-state index contributed by atoms with van der Waals surface area (Å²) in [5.74, 6) is 0.0229. The van der Waals surface area contributed by atoms with Crippen LogP contribution in [-0.2, 0) is 7.05 Å². The number of carbonyl (C=O) groups excluding carboxylic acids is 1. The van der Waals surface area contributed by atoms with Crippen molar-refractivity contribution in [2.24, 2.45) is 7.05 Å². The van der Waals surface area contributed by atoms with Gasteiger partial charge < -0.3 is 20.5 Å². The Morgan fingerprint density at radius 2 is 1.90 bits per heavy atom. The van der Waals surface area contributed by atoms with E-state index in [4.69, 9.17) is 0 Å². The molecule has 10 heteroatoms. The zero-order valence-corrected chi connectivity index (χ0v) is 16.9. The molecule has 0 bridgehead atoms. The number of nitrogens with zero attached hydrogens (tertiary/aromatic N) is 3. The largest absolute Gasteiger partial charge is 0.355 e. The van der Waals surface area contributed by atoms with Crippen molar-refractivity contribution < 1.29 is 9.18 Å². The smallest absolute Gasteiger partial charge is 0.261 e. The zero-order chi connectivity index (χ0) is 21.3. The van der Waals surface area contributed by atoms with Crippen LogP contribution in [0.25, 0.3) is 10.1 Å². The SMILES string of the molecule is CNC(=O)c1cnc(Nc2ccc(F)cn2)cc1Nc1csc2ccn(C)c(=O)c12. The van der Waals surface area contributed by atoms with Crippen LogP contribution in [0.3, 0.4) is 0 Å². The average Bonchev–Trinajstić information content (AvgIpc) is 3.15. The van der Waals surface area contributed by atoms with Crippen molar-refractivity contribution >= 4 is 50.3 Å². The number of anilines is 4. The second kappa shape index (κ2) is 7.91. The molecule has 0 fully saturated rings. The van der Waals surface area contributed by atoms with E-state index in [1.165, 1.54) is 41.3 Å². The Bertz CT molecular complexity index is 1300. The summed E-state index contributed by atoms with van der Waals surface area (Å²) in [5, 5.41) is 11.1. The molecule has 4 heterocycles. The Morgan fingerprint density at radius 1 is 1.10 bits per heavy atom. The maximum absolute atomic E-state index is 13.1. The van der Waals surface area contributed by atoms with Gasteiger partial charge in [0.2, 0.25) is 0 Å². The van der Waals surface area contributed by atoms with E-state index in [2.05, 4.69) is 25.9 Å². The van der Waals surface area contributed by atoms with Crippen LogP contribution >= 0.6 is 11.3 Å². The second-order valence-corrected chi connectivity index (χ2v) is 7.34. The zero-order valence-electron chi connectivity index (χ0n) is 16.1. The number of fused-ring (bicyclic) bond motifs is 1. The van der Waals surface area contributed by atoms with Gasteiger partial charge in [-0.05, 0) is 18.2 Å². The quantitative estimate of drug-likeness (QED) is 0.454. The number of pyridine rings is 3. The highest BCUT2D eigenvalue weighted by Gasteiger charge is 2.16. The number of hydrogen-bond donors (Lipinski definition) is 3. The first-order valence-electron chi connectivity index (χ1n) is 8.91. The van der Waals surface area contributed by atoms with E-state index in [0.29, 0.717) is 34.0 Å². The van der Waals surface area contributed by atoms with Crippen molar-refractivity contribution in [1.29, 1.82) is 0 Å². The average molecular weight is 424 g/mol. The highest BCUT2D eigenvalue weighted by molar-refractivity contribution is 7.17. The van der Waals surface area contributed by atoms with Gasteiger partial charge in [-0.1, -0.05) is 0 Å². The summed E-state index contributed by atoms with van der Waals surface area (Å²) in [6, 6.07) is 6.26. The third-order valence-electron chi connectivity index (χ3n) is 4.43. The van der Waals surface area contributed by atoms with Crippen molar-refractivity contribution in [2.75, 3.05) is 17.7 Å². The number of carbonyl (C=O) groups is 1. The lowest BCUT2D eigenvalue weighted by molar-refractivity contribution is 0.0963. The molecule has 0 aliphatic rings. The molecular formula is C20H17FN6O2S. The van der Waals surface area contributed by atoms with Crippen LogP contribution in [0.5, 0.6) is 0 Å². The fraction of sp³-hybridized carbons (Fsp3) is 0.100. The molecule has 4 rings (SSSR count). The number of hydrogen-bond acceptors (Lipinski definition) is 7. The summed E-state index contributed by atoms with van der Waals surface area (Å²) in [5.41, 5.74) is 1.22. The van der Waals surface area contributed by atoms with Crippen molar-refractivity contribution in [1.82, 2.24) is 19.9 Å². The molecule has 8 nitrogen and oxygen atoms in total. The molecule has 4 aromatic heterocycles. The number of halogens is 1. The summed E-state index contributed by atoms with van der Waals surface area (Å²) in [6.07, 6.45) is 4.22. The molecule has 152 valence electrons. The summed E-state index contributed by atoms with van der Waals surface area (Å²) in [7, 11) is 3.21. The first-order chi connectivity index (χ1) is 14.5. The van der Waals surface area contributed by atoms with Gasteiger partial charge in [-0.3, -0.25) is 9.59 Å². The molecule has 30 heavy (non-hydrogen) atoms. The van der Waals surface area contributed by atoms with E-state index in [1.807, 2.05) is 11.4 Å². The molecule has 3 N–H and O–H groups in total. The van der Waals surface area contributed by atoms with Crippen molar-refractivity contribution in [3.05, 3.63) is 70.0 Å². The van der Waals surface area contributed by atoms with Gasteiger partial charge in [-0.15, -0.1) is 11.3 Å². The van der Waals surface area contributed by atoms with E-state index in [0.717, 1.165) is 10.9 Å². The Kier molecular flexibility index (Phi) is 5.15. The van der Waals surface area contributed by atoms with Crippen LogP contribution < -0.4 is 21.5 Å². The predicted molar refractivity (Wildman–Crippen MR) is 115 cm³/mol. The minimum absolute atomic E-state index is 0.138. The van der Waals surface area contributed by atoms with Crippen molar-refractivity contribution in [3.63, 3.8) is 0 Å². The minimum Gasteiger partial charge on any atom is -0.355 e. The third-order valence-corrected chi connectivity index (χ3v) is 5.38. The Hall–Kier alpha value is -3.79. The lowest BCUT2D eigenvalue weighted by Gasteiger charge is -2.13. The molecule has 0 aromatic carbocycles. The summed E-state index contributed by atoms with van der Waals surface area (Å²) >= 11 is 1.43. The fourth-order valence-corrected chi connectivity index (χ4v) is 3.78. The lowest BCUT2D eigenvalue weighted by atomic mass is 10.2. The number of nitrogens with one attached hydrogen (secondary N) is 3. The van der Waals surface area contributed by atoms with Gasteiger partial charge in [0, 0.05) is 42.6 Å². The Labute approximate surface area is 174 Å². The van der Waals surface area contributed by atoms with Crippen molar-refractivity contribution in [2.45, 2.75) is 0 Å². The molecular weight excluding hydrogens is 407 g/mol. The van der Waals surface area contributed by atoms with Crippen LogP contribution in [0.1, 0.15) is 10.4 Å². The second-order valence-electron chi connectivity index (χ2n) is 6.43. The lowest BCUT2D eigenvalue weighted by Crippen LogP contribution is -2.20. The van der Waals surface area contributed by atoms with Gasteiger partial charge in [0.05, 0.1) is 28.5 Å². The van der Waals surface area contributed by atoms with E-state index < -0.39 is 5.82 Å². The van der Waals surface area contributed by atoms with Gasteiger partial charge in [-0.2, -0.15) is 0 Å². The van der Waals surface area contributed by atoms with Crippen LogP contribution in [0.2, 0.25) is 0 Å². The molecule has 0 radical (unpaired) electrons. The maximum atomic E-state index is 13.1. The number of amides is 1. The molecule has 0 saturated carbocycles. The first kappa shape index (κ1) is 19.5.